The molecule has 0 saturated heterocycles. The average molecular weight is 325 g/mol. The van der Waals surface area contributed by atoms with Gasteiger partial charge in [0.15, 0.2) is 11.4 Å². The van der Waals surface area contributed by atoms with Gasteiger partial charge in [0.05, 0.1) is 14.2 Å². The number of methoxy groups -OCH3 is 2. The van der Waals surface area contributed by atoms with Crippen molar-refractivity contribution < 1.29 is 19.1 Å². The molecule has 7 nitrogen and oxygen atoms in total. The normalized spacial score (nSPS) is 10.6. The second kappa shape index (κ2) is 6.49. The number of hydrogen-bond donors (Lipinski definition) is 1. The number of carbonyl (C=O) groups excluding carboxylic acids is 2. The van der Waals surface area contributed by atoms with E-state index >= 15 is 0 Å². The number of aromatic amines is 1. The number of fused-ring (bicyclic) bond motifs is 1. The molecule has 3 aromatic rings. The van der Waals surface area contributed by atoms with Crippen molar-refractivity contribution in [2.24, 2.45) is 0 Å². The molecule has 0 atom stereocenters. The van der Waals surface area contributed by atoms with Gasteiger partial charge in [-0.3, -0.25) is 0 Å². The van der Waals surface area contributed by atoms with Crippen LogP contribution in [0, 0.1) is 0 Å². The second-order valence-corrected chi connectivity index (χ2v) is 5.12. The SMILES string of the molecule is COC(=O)c1cc(Cc2c[nH]c3ccccc23)c(C(=O)OC)nn1. The van der Waals surface area contributed by atoms with Gasteiger partial charge in [0, 0.05) is 23.5 Å². The Bertz CT molecular complexity index is 917. The van der Waals surface area contributed by atoms with E-state index in [1.54, 1.807) is 0 Å². The van der Waals surface area contributed by atoms with Gasteiger partial charge in [0.2, 0.25) is 0 Å². The number of benzene rings is 1. The predicted octanol–water partition coefficient (Wildman–Crippen LogP) is 2.12. The molecule has 0 spiro atoms. The van der Waals surface area contributed by atoms with E-state index < -0.39 is 11.9 Å². The number of rotatable bonds is 4. The van der Waals surface area contributed by atoms with Gasteiger partial charge in [-0.2, -0.15) is 0 Å². The number of ether oxygens (including phenoxy) is 2. The van der Waals surface area contributed by atoms with E-state index in [2.05, 4.69) is 19.9 Å². The zero-order valence-corrected chi connectivity index (χ0v) is 13.2. The summed E-state index contributed by atoms with van der Waals surface area (Å²) in [5.74, 6) is -1.21. The Kier molecular flexibility index (Phi) is 4.24. The van der Waals surface area contributed by atoms with Crippen LogP contribution >= 0.6 is 0 Å². The van der Waals surface area contributed by atoms with Crippen molar-refractivity contribution in [3.05, 3.63) is 59.0 Å². The van der Waals surface area contributed by atoms with Crippen molar-refractivity contribution in [2.75, 3.05) is 14.2 Å². The van der Waals surface area contributed by atoms with Crippen LogP contribution < -0.4 is 0 Å². The maximum Gasteiger partial charge on any atom is 0.358 e. The first kappa shape index (κ1) is 15.7. The van der Waals surface area contributed by atoms with E-state index in [9.17, 15) is 9.59 Å². The molecule has 0 amide bonds. The highest BCUT2D eigenvalue weighted by Gasteiger charge is 2.19. The van der Waals surface area contributed by atoms with E-state index in [0.717, 1.165) is 16.5 Å². The number of carbonyl (C=O) groups is 2. The maximum atomic E-state index is 11.9. The lowest BCUT2D eigenvalue weighted by atomic mass is 10.0. The third-order valence-corrected chi connectivity index (χ3v) is 3.70. The molecule has 24 heavy (non-hydrogen) atoms. The van der Waals surface area contributed by atoms with Crippen LogP contribution in [0.5, 0.6) is 0 Å². The molecule has 0 saturated carbocycles. The van der Waals surface area contributed by atoms with Gasteiger partial charge in [-0.1, -0.05) is 18.2 Å². The van der Waals surface area contributed by atoms with Gasteiger partial charge < -0.3 is 14.5 Å². The molecular formula is C17H15N3O4. The van der Waals surface area contributed by atoms with Gasteiger partial charge in [0.25, 0.3) is 0 Å². The third-order valence-electron chi connectivity index (χ3n) is 3.70. The molecule has 0 radical (unpaired) electrons. The molecule has 2 aromatic heterocycles. The van der Waals surface area contributed by atoms with Crippen LogP contribution in [-0.2, 0) is 15.9 Å². The second-order valence-electron chi connectivity index (χ2n) is 5.12. The number of hydrogen-bond acceptors (Lipinski definition) is 6. The van der Waals surface area contributed by atoms with E-state index in [1.165, 1.54) is 20.3 Å². The molecule has 1 aromatic carbocycles. The molecule has 0 aliphatic rings. The summed E-state index contributed by atoms with van der Waals surface area (Å²) in [6.45, 7) is 0. The summed E-state index contributed by atoms with van der Waals surface area (Å²) < 4.78 is 9.40. The van der Waals surface area contributed by atoms with Gasteiger partial charge in [-0.15, -0.1) is 10.2 Å². The molecule has 1 N–H and O–H groups in total. The number of esters is 2. The molecule has 0 fully saturated rings. The van der Waals surface area contributed by atoms with Crippen molar-refractivity contribution in [2.45, 2.75) is 6.42 Å². The highest BCUT2D eigenvalue weighted by Crippen LogP contribution is 2.22. The number of H-pyrrole nitrogens is 1. The first-order chi connectivity index (χ1) is 11.6. The zero-order chi connectivity index (χ0) is 17.1. The molecule has 0 unspecified atom stereocenters. The van der Waals surface area contributed by atoms with E-state index in [0.29, 0.717) is 12.0 Å². The van der Waals surface area contributed by atoms with Crippen LogP contribution in [0.25, 0.3) is 10.9 Å². The van der Waals surface area contributed by atoms with E-state index in [4.69, 9.17) is 4.74 Å². The average Bonchev–Trinajstić information content (AvgIpc) is 3.03. The van der Waals surface area contributed by atoms with Crippen LogP contribution in [0.1, 0.15) is 32.1 Å². The minimum Gasteiger partial charge on any atom is -0.464 e. The quantitative estimate of drug-likeness (QED) is 0.738. The zero-order valence-electron chi connectivity index (χ0n) is 13.2. The van der Waals surface area contributed by atoms with Crippen molar-refractivity contribution in [3.8, 4) is 0 Å². The van der Waals surface area contributed by atoms with E-state index in [1.807, 2.05) is 30.5 Å². The molecule has 0 bridgehead atoms. The smallest absolute Gasteiger partial charge is 0.358 e. The summed E-state index contributed by atoms with van der Waals surface area (Å²) >= 11 is 0. The number of nitrogens with zero attached hydrogens (tertiary/aromatic N) is 2. The number of para-hydroxylation sites is 1. The first-order valence-electron chi connectivity index (χ1n) is 7.22. The summed E-state index contributed by atoms with van der Waals surface area (Å²) in [5, 5.41) is 8.61. The molecule has 3 rings (SSSR count). The van der Waals surface area contributed by atoms with Crippen LogP contribution in [0.4, 0.5) is 0 Å². The molecular weight excluding hydrogens is 310 g/mol. The highest BCUT2D eigenvalue weighted by molar-refractivity contribution is 5.92. The summed E-state index contributed by atoms with van der Waals surface area (Å²) in [4.78, 5) is 26.8. The first-order valence-corrected chi connectivity index (χ1v) is 7.22. The Morgan fingerprint density at radius 2 is 1.79 bits per heavy atom. The fourth-order valence-electron chi connectivity index (χ4n) is 2.52. The standard InChI is InChI=1S/C17H15N3O4/c1-23-16(21)14-8-10(15(20-19-14)17(22)24-2)7-11-9-18-13-6-4-3-5-12(11)13/h3-6,8-9,18H,7H2,1-2H3. The molecule has 7 heteroatoms. The number of aromatic nitrogens is 3. The fraction of sp³-hybridized carbons (Fsp3) is 0.176. The summed E-state index contributed by atoms with van der Waals surface area (Å²) in [5.41, 5.74) is 2.62. The van der Waals surface area contributed by atoms with Gasteiger partial charge in [-0.05, 0) is 23.3 Å². The Hall–Kier alpha value is -3.22. The van der Waals surface area contributed by atoms with Crippen molar-refractivity contribution >= 4 is 22.8 Å². The summed E-state index contributed by atoms with van der Waals surface area (Å²) in [6, 6.07) is 9.32. The van der Waals surface area contributed by atoms with Crippen LogP contribution in [0.15, 0.2) is 36.5 Å². The lowest BCUT2D eigenvalue weighted by Gasteiger charge is -2.07. The molecule has 0 aliphatic heterocycles. The minimum absolute atomic E-state index is 0.0417. The van der Waals surface area contributed by atoms with Crippen molar-refractivity contribution in [3.63, 3.8) is 0 Å². The molecule has 0 aliphatic carbocycles. The van der Waals surface area contributed by atoms with Gasteiger partial charge in [-0.25, -0.2) is 9.59 Å². The van der Waals surface area contributed by atoms with Crippen LogP contribution in [0.3, 0.4) is 0 Å². The molecule has 122 valence electrons. The Morgan fingerprint density at radius 3 is 2.54 bits per heavy atom. The van der Waals surface area contributed by atoms with Crippen molar-refractivity contribution in [1.29, 1.82) is 0 Å². The highest BCUT2D eigenvalue weighted by atomic mass is 16.5. The number of nitrogens with one attached hydrogen (secondary N) is 1. The van der Waals surface area contributed by atoms with Crippen LogP contribution in [-0.4, -0.2) is 41.3 Å². The molecule has 2 heterocycles. The minimum atomic E-state index is -0.612. The fourth-order valence-corrected chi connectivity index (χ4v) is 2.52. The van der Waals surface area contributed by atoms with E-state index in [-0.39, 0.29) is 11.4 Å². The summed E-state index contributed by atoms with van der Waals surface area (Å²) in [6.07, 6.45) is 2.26. The van der Waals surface area contributed by atoms with Crippen LogP contribution in [0.2, 0.25) is 0 Å². The topological polar surface area (TPSA) is 94.2 Å². The lowest BCUT2D eigenvalue weighted by Crippen LogP contribution is -2.14. The third kappa shape index (κ3) is 2.83. The monoisotopic (exact) mass is 325 g/mol. The lowest BCUT2D eigenvalue weighted by molar-refractivity contribution is 0.0572. The summed E-state index contributed by atoms with van der Waals surface area (Å²) in [7, 11) is 2.53. The van der Waals surface area contributed by atoms with Gasteiger partial charge in [0.1, 0.15) is 0 Å². The predicted molar refractivity (Wildman–Crippen MR) is 85.8 cm³/mol. The largest absolute Gasteiger partial charge is 0.464 e. The van der Waals surface area contributed by atoms with Crippen molar-refractivity contribution in [1.82, 2.24) is 15.2 Å². The maximum absolute atomic E-state index is 11.9. The Morgan fingerprint density at radius 1 is 1.04 bits per heavy atom. The Balaban J connectivity index is 2.06. The van der Waals surface area contributed by atoms with Gasteiger partial charge >= 0.3 is 11.9 Å². The Labute approximate surface area is 137 Å².